The van der Waals surface area contributed by atoms with E-state index in [1.54, 1.807) is 11.8 Å². The van der Waals surface area contributed by atoms with Crippen molar-refractivity contribution in [3.8, 4) is 0 Å². The van der Waals surface area contributed by atoms with E-state index in [4.69, 9.17) is 0 Å². The molecule has 0 atom stereocenters. The van der Waals surface area contributed by atoms with Crippen molar-refractivity contribution in [1.29, 1.82) is 0 Å². The van der Waals surface area contributed by atoms with Crippen molar-refractivity contribution in [2.24, 2.45) is 0 Å². The summed E-state index contributed by atoms with van der Waals surface area (Å²) in [6.45, 7) is 0.496. The highest BCUT2D eigenvalue weighted by atomic mass is 32.2. The molecule has 0 saturated carbocycles. The lowest BCUT2D eigenvalue weighted by Crippen LogP contribution is -2.05. The van der Waals surface area contributed by atoms with E-state index < -0.39 is 11.7 Å². The molecule has 1 nitrogen and oxygen atoms in total. The quantitative estimate of drug-likeness (QED) is 0.793. The van der Waals surface area contributed by atoms with Gasteiger partial charge < -0.3 is 5.32 Å². The van der Waals surface area contributed by atoms with Gasteiger partial charge in [-0.1, -0.05) is 18.2 Å². The minimum Gasteiger partial charge on any atom is -0.381 e. The molecule has 2 aromatic rings. The zero-order valence-corrected chi connectivity index (χ0v) is 11.7. The molecule has 0 saturated heterocycles. The number of anilines is 1. The predicted octanol–water partition coefficient (Wildman–Crippen LogP) is 5.04. The van der Waals surface area contributed by atoms with E-state index in [1.807, 2.05) is 30.5 Å². The summed E-state index contributed by atoms with van der Waals surface area (Å²) in [5, 5.41) is 3.20. The fourth-order valence-corrected chi connectivity index (χ4v) is 2.21. The second-order valence-electron chi connectivity index (χ2n) is 4.28. The maximum atomic E-state index is 12.4. The Morgan fingerprint density at radius 1 is 1.05 bits per heavy atom. The zero-order valence-electron chi connectivity index (χ0n) is 10.9. The van der Waals surface area contributed by atoms with Gasteiger partial charge in [-0.3, -0.25) is 0 Å². The number of thioether (sulfide) groups is 1. The van der Waals surface area contributed by atoms with Crippen LogP contribution >= 0.6 is 11.8 Å². The SMILES string of the molecule is CSc1cccc(NCc2ccc(C(F)(F)F)cc2)c1. The summed E-state index contributed by atoms with van der Waals surface area (Å²) in [6.07, 6.45) is -2.28. The molecule has 0 amide bonds. The van der Waals surface area contributed by atoms with Crippen molar-refractivity contribution >= 4 is 17.4 Å². The van der Waals surface area contributed by atoms with Gasteiger partial charge in [0.2, 0.25) is 0 Å². The van der Waals surface area contributed by atoms with E-state index in [1.165, 1.54) is 12.1 Å². The van der Waals surface area contributed by atoms with E-state index in [2.05, 4.69) is 5.32 Å². The van der Waals surface area contributed by atoms with Crippen LogP contribution in [-0.2, 0) is 12.7 Å². The molecule has 0 radical (unpaired) electrons. The first-order valence-corrected chi connectivity index (χ1v) is 7.25. The average Bonchev–Trinajstić information content (AvgIpc) is 2.45. The van der Waals surface area contributed by atoms with Crippen molar-refractivity contribution in [1.82, 2.24) is 0 Å². The molecule has 0 spiro atoms. The molecule has 0 aromatic heterocycles. The van der Waals surface area contributed by atoms with Crippen molar-refractivity contribution < 1.29 is 13.2 Å². The smallest absolute Gasteiger partial charge is 0.381 e. The Balaban J connectivity index is 2.00. The lowest BCUT2D eigenvalue weighted by molar-refractivity contribution is -0.137. The number of rotatable bonds is 4. The molecule has 0 heterocycles. The molecule has 0 unspecified atom stereocenters. The number of hydrogen-bond donors (Lipinski definition) is 1. The summed E-state index contributed by atoms with van der Waals surface area (Å²) in [5.41, 5.74) is 1.15. The van der Waals surface area contributed by atoms with E-state index in [-0.39, 0.29) is 0 Å². The summed E-state index contributed by atoms with van der Waals surface area (Å²) >= 11 is 1.64. The molecule has 0 aliphatic heterocycles. The van der Waals surface area contributed by atoms with Crippen LogP contribution in [0.3, 0.4) is 0 Å². The molecule has 20 heavy (non-hydrogen) atoms. The predicted molar refractivity (Wildman–Crippen MR) is 77.0 cm³/mol. The highest BCUT2D eigenvalue weighted by Gasteiger charge is 2.29. The van der Waals surface area contributed by atoms with Crippen LogP contribution in [0.5, 0.6) is 0 Å². The summed E-state index contributed by atoms with van der Waals surface area (Å²) < 4.78 is 37.3. The first kappa shape index (κ1) is 14.8. The van der Waals surface area contributed by atoms with Crippen LogP contribution < -0.4 is 5.32 Å². The highest BCUT2D eigenvalue weighted by molar-refractivity contribution is 7.98. The fraction of sp³-hybridized carbons (Fsp3) is 0.200. The minimum atomic E-state index is -4.28. The number of nitrogens with one attached hydrogen (secondary N) is 1. The monoisotopic (exact) mass is 297 g/mol. The van der Waals surface area contributed by atoms with Gasteiger partial charge in [0.1, 0.15) is 0 Å². The Bertz CT molecular complexity index is 564. The molecule has 2 aromatic carbocycles. The number of halogens is 3. The topological polar surface area (TPSA) is 12.0 Å². The molecule has 0 aliphatic rings. The summed E-state index contributed by atoms with van der Waals surface area (Å²) in [6, 6.07) is 13.1. The number of alkyl halides is 3. The molecule has 5 heteroatoms. The van der Waals surface area contributed by atoms with Crippen LogP contribution in [0.4, 0.5) is 18.9 Å². The van der Waals surface area contributed by atoms with Gasteiger partial charge in [0.15, 0.2) is 0 Å². The zero-order chi connectivity index (χ0) is 14.6. The normalized spacial score (nSPS) is 11.4. The third-order valence-corrected chi connectivity index (χ3v) is 3.57. The van der Waals surface area contributed by atoms with Crippen LogP contribution in [0.1, 0.15) is 11.1 Å². The van der Waals surface area contributed by atoms with Crippen LogP contribution in [0, 0.1) is 0 Å². The van der Waals surface area contributed by atoms with Crippen molar-refractivity contribution in [3.63, 3.8) is 0 Å². The highest BCUT2D eigenvalue weighted by Crippen LogP contribution is 2.29. The van der Waals surface area contributed by atoms with Crippen molar-refractivity contribution in [2.45, 2.75) is 17.6 Å². The lowest BCUT2D eigenvalue weighted by atomic mass is 10.1. The largest absolute Gasteiger partial charge is 0.416 e. The Hall–Kier alpha value is -1.62. The van der Waals surface area contributed by atoms with Gasteiger partial charge in [-0.2, -0.15) is 13.2 Å². The van der Waals surface area contributed by atoms with Crippen LogP contribution in [0.25, 0.3) is 0 Å². The second kappa shape index (κ2) is 6.22. The third kappa shape index (κ3) is 3.93. The van der Waals surface area contributed by atoms with Gasteiger partial charge in [-0.15, -0.1) is 11.8 Å². The first-order chi connectivity index (χ1) is 9.49. The molecule has 0 bridgehead atoms. The molecule has 2 rings (SSSR count). The summed E-state index contributed by atoms with van der Waals surface area (Å²) in [7, 11) is 0. The number of benzene rings is 2. The maximum Gasteiger partial charge on any atom is 0.416 e. The Labute approximate surface area is 120 Å². The van der Waals surface area contributed by atoms with Crippen LogP contribution in [0.2, 0.25) is 0 Å². The van der Waals surface area contributed by atoms with E-state index in [9.17, 15) is 13.2 Å². The minimum absolute atomic E-state index is 0.496. The van der Waals surface area contributed by atoms with E-state index in [0.717, 1.165) is 28.3 Å². The van der Waals surface area contributed by atoms with Crippen molar-refractivity contribution in [2.75, 3.05) is 11.6 Å². The fourth-order valence-electron chi connectivity index (χ4n) is 1.75. The molecule has 0 aliphatic carbocycles. The maximum absolute atomic E-state index is 12.4. The van der Waals surface area contributed by atoms with Gasteiger partial charge in [-0.05, 0) is 42.2 Å². The Kier molecular flexibility index (Phi) is 4.60. The third-order valence-electron chi connectivity index (χ3n) is 2.85. The molecule has 106 valence electrons. The van der Waals surface area contributed by atoms with Gasteiger partial charge in [0.05, 0.1) is 5.56 Å². The van der Waals surface area contributed by atoms with Gasteiger partial charge in [0.25, 0.3) is 0 Å². The Morgan fingerprint density at radius 2 is 1.75 bits per heavy atom. The molecular weight excluding hydrogens is 283 g/mol. The van der Waals surface area contributed by atoms with Gasteiger partial charge >= 0.3 is 6.18 Å². The van der Waals surface area contributed by atoms with Gasteiger partial charge in [-0.25, -0.2) is 0 Å². The molecule has 0 fully saturated rings. The van der Waals surface area contributed by atoms with Gasteiger partial charge in [0, 0.05) is 17.1 Å². The average molecular weight is 297 g/mol. The summed E-state index contributed by atoms with van der Waals surface area (Å²) in [5.74, 6) is 0. The summed E-state index contributed by atoms with van der Waals surface area (Å²) in [4.78, 5) is 1.14. The second-order valence-corrected chi connectivity index (χ2v) is 5.16. The first-order valence-electron chi connectivity index (χ1n) is 6.03. The van der Waals surface area contributed by atoms with Crippen LogP contribution in [-0.4, -0.2) is 6.26 Å². The molecule has 1 N–H and O–H groups in total. The number of hydrogen-bond acceptors (Lipinski definition) is 2. The van der Waals surface area contributed by atoms with E-state index >= 15 is 0 Å². The standard InChI is InChI=1S/C15H14F3NS/c1-20-14-4-2-3-13(9-14)19-10-11-5-7-12(8-6-11)15(16,17)18/h2-9,19H,10H2,1H3. The lowest BCUT2D eigenvalue weighted by Gasteiger charge is -2.10. The van der Waals surface area contributed by atoms with E-state index in [0.29, 0.717) is 6.54 Å². The van der Waals surface area contributed by atoms with Crippen LogP contribution in [0.15, 0.2) is 53.4 Å². The van der Waals surface area contributed by atoms with Crippen molar-refractivity contribution in [3.05, 3.63) is 59.7 Å². The molecular formula is C15H14F3NS. The Morgan fingerprint density at radius 3 is 2.35 bits per heavy atom.